The van der Waals surface area contributed by atoms with E-state index in [9.17, 15) is 9.90 Å². The van der Waals surface area contributed by atoms with E-state index in [0.29, 0.717) is 0 Å². The van der Waals surface area contributed by atoms with E-state index in [2.05, 4.69) is 36.1 Å². The summed E-state index contributed by atoms with van der Waals surface area (Å²) in [5.41, 5.74) is 7.28. The highest BCUT2D eigenvalue weighted by Gasteiger charge is 2.46. The first-order chi connectivity index (χ1) is 16.2. The van der Waals surface area contributed by atoms with E-state index in [-0.39, 0.29) is 5.54 Å². The monoisotopic (exact) mass is 474 g/mol. The van der Waals surface area contributed by atoms with Gasteiger partial charge in [0.2, 0.25) is 0 Å². The van der Waals surface area contributed by atoms with E-state index >= 15 is 0 Å². The zero-order valence-electron chi connectivity index (χ0n) is 20.1. The Bertz CT molecular complexity index is 1250. The molecule has 0 saturated carbocycles. The molecule has 1 unspecified atom stereocenters. The first-order valence-corrected chi connectivity index (χ1v) is 12.4. The Hall–Kier alpha value is -2.69. The van der Waals surface area contributed by atoms with Gasteiger partial charge >= 0.3 is 5.97 Å². The van der Waals surface area contributed by atoms with Gasteiger partial charge in [-0.05, 0) is 86.9 Å². The third kappa shape index (κ3) is 3.73. The second kappa shape index (κ2) is 8.51. The molecule has 1 N–H and O–H groups in total. The number of fused-ring (bicyclic) bond motifs is 2. The zero-order chi connectivity index (χ0) is 24.1. The van der Waals surface area contributed by atoms with E-state index < -0.39 is 11.4 Å². The van der Waals surface area contributed by atoms with Gasteiger partial charge in [-0.2, -0.15) is 0 Å². The molecular weight excluding hydrogens is 444 g/mol. The summed E-state index contributed by atoms with van der Waals surface area (Å²) in [6.45, 7) is 7.51. The predicted molar refractivity (Wildman–Crippen MR) is 137 cm³/mol. The van der Waals surface area contributed by atoms with Crippen LogP contribution in [0.3, 0.4) is 0 Å². The lowest BCUT2D eigenvalue weighted by Gasteiger charge is -2.45. The van der Waals surface area contributed by atoms with Crippen molar-refractivity contribution in [2.45, 2.75) is 52.0 Å². The van der Waals surface area contributed by atoms with Crippen LogP contribution in [0.1, 0.15) is 56.0 Å². The summed E-state index contributed by atoms with van der Waals surface area (Å²) in [5.74, 6) is -0.787. The third-order valence-corrected chi connectivity index (χ3v) is 8.18. The molecule has 1 aromatic carbocycles. The van der Waals surface area contributed by atoms with Crippen molar-refractivity contribution in [3.8, 4) is 0 Å². The van der Waals surface area contributed by atoms with Gasteiger partial charge in [0.25, 0.3) is 0 Å². The molecule has 1 aliphatic heterocycles. The van der Waals surface area contributed by atoms with Crippen molar-refractivity contribution < 1.29 is 9.90 Å². The van der Waals surface area contributed by atoms with Crippen LogP contribution in [-0.2, 0) is 17.6 Å². The molecule has 176 valence electrons. The molecule has 1 fully saturated rings. The summed E-state index contributed by atoms with van der Waals surface area (Å²) < 4.78 is 0. The van der Waals surface area contributed by atoms with Gasteiger partial charge in [-0.15, -0.1) is 0 Å². The summed E-state index contributed by atoms with van der Waals surface area (Å²) in [4.78, 5) is 19.3. The van der Waals surface area contributed by atoms with Crippen molar-refractivity contribution in [1.29, 1.82) is 0 Å². The molecular formula is C29H31ClN2O2. The maximum atomic E-state index is 12.0. The second-order valence-electron chi connectivity index (χ2n) is 10.3. The molecule has 1 atom stereocenters. The molecule has 2 heterocycles. The molecule has 3 aliphatic rings. The average Bonchev–Trinajstić information content (AvgIpc) is 3.15. The van der Waals surface area contributed by atoms with Gasteiger partial charge in [0, 0.05) is 29.9 Å². The number of piperidine rings is 1. The van der Waals surface area contributed by atoms with Crippen LogP contribution < -0.4 is 0 Å². The fourth-order valence-corrected chi connectivity index (χ4v) is 6.14. The number of likely N-dealkylation sites (tertiary alicyclic amines) is 1. The van der Waals surface area contributed by atoms with Crippen LogP contribution in [0, 0.1) is 5.41 Å². The molecule has 1 saturated heterocycles. The standard InChI is InChI=1S/C29H31ClN2O2/c1-28(2,27(33)34)24-7-4-14-29(24,3)32-16-12-19(13-17-32)25-23-11-10-22(30)18-21(23)9-8-20-6-5-15-31-26(20)25/h4-7,10-11,14-15,18H,8-9,12-13,16-17H2,1-3H3,(H,33,34). The summed E-state index contributed by atoms with van der Waals surface area (Å²) >= 11 is 6.36. The molecule has 0 radical (unpaired) electrons. The maximum absolute atomic E-state index is 12.0. The van der Waals surface area contributed by atoms with E-state index in [1.54, 1.807) is 13.8 Å². The van der Waals surface area contributed by atoms with Crippen LogP contribution in [0.2, 0.25) is 5.02 Å². The number of allylic oxidation sites excluding steroid dienone is 2. The smallest absolute Gasteiger partial charge is 0.313 e. The largest absolute Gasteiger partial charge is 0.481 e. The predicted octanol–water partition coefficient (Wildman–Crippen LogP) is 6.10. The van der Waals surface area contributed by atoms with Gasteiger partial charge in [0.15, 0.2) is 0 Å². The molecule has 1 aromatic heterocycles. The van der Waals surface area contributed by atoms with Crippen molar-refractivity contribution in [2.24, 2.45) is 5.41 Å². The molecule has 5 rings (SSSR count). The number of carbonyl (C=O) groups is 1. The minimum absolute atomic E-state index is 0.386. The third-order valence-electron chi connectivity index (χ3n) is 7.94. The normalized spacial score (nSPS) is 22.8. The molecule has 34 heavy (non-hydrogen) atoms. The van der Waals surface area contributed by atoms with Crippen LogP contribution >= 0.6 is 11.6 Å². The fraction of sp³-hybridized carbons (Fsp3) is 0.379. The first kappa shape index (κ1) is 23.1. The van der Waals surface area contributed by atoms with Gasteiger partial charge in [-0.25, -0.2) is 0 Å². The van der Waals surface area contributed by atoms with Gasteiger partial charge in [0.1, 0.15) is 0 Å². The fourth-order valence-electron chi connectivity index (χ4n) is 5.95. The van der Waals surface area contributed by atoms with Crippen molar-refractivity contribution >= 4 is 23.1 Å². The number of pyridine rings is 1. The maximum Gasteiger partial charge on any atom is 0.313 e. The molecule has 4 nitrogen and oxygen atoms in total. The molecule has 0 spiro atoms. The number of carboxylic acids is 1. The van der Waals surface area contributed by atoms with Gasteiger partial charge in [-0.3, -0.25) is 14.7 Å². The van der Waals surface area contributed by atoms with Crippen molar-refractivity contribution in [1.82, 2.24) is 9.88 Å². The number of aromatic nitrogens is 1. The highest BCUT2D eigenvalue weighted by molar-refractivity contribution is 6.30. The number of nitrogens with zero attached hydrogens (tertiary/aromatic N) is 2. The molecule has 0 amide bonds. The molecule has 2 aliphatic carbocycles. The Morgan fingerprint density at radius 3 is 2.59 bits per heavy atom. The van der Waals surface area contributed by atoms with E-state index in [0.717, 1.165) is 55.1 Å². The topological polar surface area (TPSA) is 53.4 Å². The Labute approximate surface area is 206 Å². The van der Waals surface area contributed by atoms with Crippen LogP contribution in [0.25, 0.3) is 5.57 Å². The van der Waals surface area contributed by atoms with Crippen molar-refractivity contribution in [3.63, 3.8) is 0 Å². The summed E-state index contributed by atoms with van der Waals surface area (Å²) in [6, 6.07) is 10.5. The van der Waals surface area contributed by atoms with Crippen molar-refractivity contribution in [3.05, 3.63) is 93.3 Å². The summed E-state index contributed by atoms with van der Waals surface area (Å²) in [6.07, 6.45) is 11.8. The number of hydrogen-bond acceptors (Lipinski definition) is 3. The summed E-state index contributed by atoms with van der Waals surface area (Å²) in [5, 5.41) is 10.6. The van der Waals surface area contributed by atoms with Gasteiger partial charge in [0.05, 0.1) is 16.6 Å². The highest BCUT2D eigenvalue weighted by Crippen LogP contribution is 2.45. The number of carboxylic acid groups (broad SMARTS) is 1. The summed E-state index contributed by atoms with van der Waals surface area (Å²) in [7, 11) is 0. The van der Waals surface area contributed by atoms with Crippen LogP contribution in [-0.4, -0.2) is 39.6 Å². The Morgan fingerprint density at radius 2 is 1.85 bits per heavy atom. The lowest BCUT2D eigenvalue weighted by Crippen LogP contribution is -2.52. The van der Waals surface area contributed by atoms with Crippen LogP contribution in [0.4, 0.5) is 0 Å². The number of halogens is 1. The number of aliphatic carboxylic acids is 1. The van der Waals surface area contributed by atoms with E-state index in [4.69, 9.17) is 16.6 Å². The Balaban J connectivity index is 1.51. The van der Waals surface area contributed by atoms with E-state index in [1.807, 2.05) is 30.5 Å². The quantitative estimate of drug-likeness (QED) is 0.584. The second-order valence-corrected chi connectivity index (χ2v) is 10.7. The van der Waals surface area contributed by atoms with E-state index in [1.165, 1.54) is 27.8 Å². The minimum Gasteiger partial charge on any atom is -0.481 e. The molecule has 0 bridgehead atoms. The Kier molecular flexibility index (Phi) is 5.78. The van der Waals surface area contributed by atoms with Crippen LogP contribution in [0.15, 0.2) is 65.9 Å². The molecule has 5 heteroatoms. The zero-order valence-corrected chi connectivity index (χ0v) is 20.8. The number of rotatable bonds is 3. The highest BCUT2D eigenvalue weighted by atomic mass is 35.5. The molecule has 2 aromatic rings. The first-order valence-electron chi connectivity index (χ1n) is 12.1. The van der Waals surface area contributed by atoms with Gasteiger partial charge in [-0.1, -0.05) is 47.5 Å². The number of benzene rings is 1. The number of hydrogen-bond donors (Lipinski definition) is 1. The van der Waals surface area contributed by atoms with Gasteiger partial charge < -0.3 is 5.11 Å². The van der Waals surface area contributed by atoms with Crippen LogP contribution in [0.5, 0.6) is 0 Å². The minimum atomic E-state index is -0.917. The van der Waals surface area contributed by atoms with Crippen molar-refractivity contribution in [2.75, 3.05) is 13.1 Å². The average molecular weight is 475 g/mol. The SMILES string of the molecule is CC(C)(C(=O)O)C1=CC=CC1(C)N1CCC(=C2c3ccc(Cl)cc3CCc3cccnc32)CC1. The number of aryl methyl sites for hydroxylation is 2. The lowest BCUT2D eigenvalue weighted by molar-refractivity contribution is -0.145. The Morgan fingerprint density at radius 1 is 1.12 bits per heavy atom. The lowest BCUT2D eigenvalue weighted by atomic mass is 9.74.